The Balaban J connectivity index is 1.40. The summed E-state index contributed by atoms with van der Waals surface area (Å²) in [4.78, 5) is 21.7. The lowest BCUT2D eigenvalue weighted by Crippen LogP contribution is -2.39. The zero-order chi connectivity index (χ0) is 19.1. The fourth-order valence-corrected chi connectivity index (χ4v) is 5.59. The zero-order valence-corrected chi connectivity index (χ0v) is 17.0. The second kappa shape index (κ2) is 7.10. The van der Waals surface area contributed by atoms with Crippen LogP contribution in [0.5, 0.6) is 0 Å². The first-order valence-corrected chi connectivity index (χ1v) is 11.0. The molecule has 0 radical (unpaired) electrons. The average Bonchev–Trinajstić information content (AvgIpc) is 3.47. The molecule has 5 rings (SSSR count). The quantitative estimate of drug-likeness (QED) is 0.508. The van der Waals surface area contributed by atoms with Crippen molar-refractivity contribution in [3.8, 4) is 9.88 Å². The fourth-order valence-electron chi connectivity index (χ4n) is 3.75. The summed E-state index contributed by atoms with van der Waals surface area (Å²) >= 11 is 3.15. The Hall–Kier alpha value is -2.58. The number of fused-ring (bicyclic) bond motifs is 1. The van der Waals surface area contributed by atoms with Gasteiger partial charge in [0.15, 0.2) is 5.65 Å². The molecule has 1 aliphatic heterocycles. The van der Waals surface area contributed by atoms with Gasteiger partial charge in [0.1, 0.15) is 15.7 Å². The number of piperidine rings is 1. The van der Waals surface area contributed by atoms with Gasteiger partial charge in [0.05, 0.1) is 10.6 Å². The molecule has 0 aromatic carbocycles. The molecular weight excluding hydrogens is 390 g/mol. The van der Waals surface area contributed by atoms with Crippen LogP contribution < -0.4 is 0 Å². The van der Waals surface area contributed by atoms with E-state index in [4.69, 9.17) is 0 Å². The van der Waals surface area contributed by atoms with Crippen LogP contribution >= 0.6 is 22.7 Å². The highest BCUT2D eigenvalue weighted by atomic mass is 32.1. The van der Waals surface area contributed by atoms with Crippen molar-refractivity contribution >= 4 is 34.2 Å². The van der Waals surface area contributed by atoms with E-state index in [9.17, 15) is 4.79 Å². The summed E-state index contributed by atoms with van der Waals surface area (Å²) in [7, 11) is 0. The van der Waals surface area contributed by atoms with Crippen molar-refractivity contribution in [1.82, 2.24) is 24.5 Å². The molecule has 0 spiro atoms. The fraction of sp³-hybridized carbons (Fsp3) is 0.300. The number of carbonyl (C=O) groups excluding carboxylic acids is 1. The minimum atomic E-state index is 0.0799. The standard InChI is InChI=1S/C20H19N5OS2/c1-13-17(28-19(21-13)15-7-5-11-27-15)20(26)24-9-4-6-14(12-24)18-23-22-16-8-2-3-10-25(16)18/h2-3,5,7-8,10-11,14H,4,6,9,12H2,1H3. The maximum absolute atomic E-state index is 13.2. The van der Waals surface area contributed by atoms with Crippen LogP contribution in [-0.4, -0.2) is 43.5 Å². The van der Waals surface area contributed by atoms with E-state index in [1.807, 2.05) is 58.1 Å². The van der Waals surface area contributed by atoms with Crippen LogP contribution in [0.15, 0.2) is 41.9 Å². The molecule has 28 heavy (non-hydrogen) atoms. The number of aromatic nitrogens is 4. The summed E-state index contributed by atoms with van der Waals surface area (Å²) in [6.07, 6.45) is 3.97. The average molecular weight is 410 g/mol. The Morgan fingerprint density at radius 2 is 2.14 bits per heavy atom. The van der Waals surface area contributed by atoms with E-state index in [2.05, 4.69) is 15.2 Å². The van der Waals surface area contributed by atoms with Crippen LogP contribution in [0.1, 0.15) is 39.9 Å². The molecule has 6 nitrogen and oxygen atoms in total. The number of thiazole rings is 1. The minimum Gasteiger partial charge on any atom is -0.337 e. The van der Waals surface area contributed by atoms with Crippen LogP contribution in [0.4, 0.5) is 0 Å². The van der Waals surface area contributed by atoms with Crippen molar-refractivity contribution in [2.45, 2.75) is 25.7 Å². The van der Waals surface area contributed by atoms with Gasteiger partial charge in [-0.1, -0.05) is 12.1 Å². The number of pyridine rings is 1. The first-order valence-electron chi connectivity index (χ1n) is 9.31. The van der Waals surface area contributed by atoms with Crippen LogP contribution in [0.3, 0.4) is 0 Å². The van der Waals surface area contributed by atoms with E-state index in [-0.39, 0.29) is 11.8 Å². The third kappa shape index (κ3) is 3.02. The van der Waals surface area contributed by atoms with Crippen molar-refractivity contribution in [2.75, 3.05) is 13.1 Å². The molecule has 0 aliphatic carbocycles. The second-order valence-electron chi connectivity index (χ2n) is 6.99. The highest BCUT2D eigenvalue weighted by Gasteiger charge is 2.30. The molecule has 4 aromatic rings. The zero-order valence-electron chi connectivity index (χ0n) is 15.4. The third-order valence-electron chi connectivity index (χ3n) is 5.14. The van der Waals surface area contributed by atoms with Crippen molar-refractivity contribution in [1.29, 1.82) is 0 Å². The number of thiophene rings is 1. The van der Waals surface area contributed by atoms with Gasteiger partial charge in [0.2, 0.25) is 0 Å². The minimum absolute atomic E-state index is 0.0799. The van der Waals surface area contributed by atoms with E-state index in [0.717, 1.165) is 51.3 Å². The first-order chi connectivity index (χ1) is 13.7. The maximum atomic E-state index is 13.2. The molecule has 1 aliphatic rings. The highest BCUT2D eigenvalue weighted by Crippen LogP contribution is 2.33. The van der Waals surface area contributed by atoms with E-state index in [1.54, 1.807) is 11.3 Å². The van der Waals surface area contributed by atoms with Gasteiger partial charge in [-0.2, -0.15) is 0 Å². The molecule has 0 bridgehead atoms. The molecule has 1 unspecified atom stereocenters. The number of hydrogen-bond donors (Lipinski definition) is 0. The topological polar surface area (TPSA) is 63.4 Å². The molecule has 1 amide bonds. The molecule has 1 atom stereocenters. The van der Waals surface area contributed by atoms with Crippen LogP contribution in [0.2, 0.25) is 0 Å². The molecule has 142 valence electrons. The van der Waals surface area contributed by atoms with Crippen LogP contribution in [0.25, 0.3) is 15.5 Å². The lowest BCUT2D eigenvalue weighted by atomic mass is 9.97. The van der Waals surface area contributed by atoms with Gasteiger partial charge in [0, 0.05) is 25.2 Å². The monoisotopic (exact) mass is 409 g/mol. The number of nitrogens with zero attached hydrogens (tertiary/aromatic N) is 5. The molecule has 0 N–H and O–H groups in total. The van der Waals surface area contributed by atoms with Crippen LogP contribution in [0, 0.1) is 6.92 Å². The Bertz CT molecular complexity index is 1130. The van der Waals surface area contributed by atoms with E-state index in [0.29, 0.717) is 6.54 Å². The summed E-state index contributed by atoms with van der Waals surface area (Å²) < 4.78 is 2.03. The SMILES string of the molecule is Cc1nc(-c2cccs2)sc1C(=O)N1CCCC(c2nnc3ccccn23)C1. The van der Waals surface area contributed by atoms with Gasteiger partial charge < -0.3 is 4.90 Å². The van der Waals surface area contributed by atoms with Gasteiger partial charge in [0.25, 0.3) is 5.91 Å². The van der Waals surface area contributed by atoms with Crippen molar-refractivity contribution in [3.05, 3.63) is 58.3 Å². The largest absolute Gasteiger partial charge is 0.337 e. The lowest BCUT2D eigenvalue weighted by molar-refractivity contribution is 0.0708. The Labute approximate surface area is 170 Å². The van der Waals surface area contributed by atoms with E-state index in [1.165, 1.54) is 11.3 Å². The van der Waals surface area contributed by atoms with E-state index >= 15 is 0 Å². The number of amides is 1. The van der Waals surface area contributed by atoms with Crippen molar-refractivity contribution in [3.63, 3.8) is 0 Å². The molecule has 8 heteroatoms. The summed E-state index contributed by atoms with van der Waals surface area (Å²) in [6.45, 7) is 3.37. The summed E-state index contributed by atoms with van der Waals surface area (Å²) in [5, 5.41) is 11.6. The van der Waals surface area contributed by atoms with Gasteiger partial charge in [-0.3, -0.25) is 9.20 Å². The van der Waals surface area contributed by atoms with Gasteiger partial charge >= 0.3 is 0 Å². The number of rotatable bonds is 3. The Morgan fingerprint density at radius 1 is 1.21 bits per heavy atom. The molecule has 4 aromatic heterocycles. The summed E-state index contributed by atoms with van der Waals surface area (Å²) in [5.41, 5.74) is 1.66. The molecule has 0 saturated carbocycles. The van der Waals surface area contributed by atoms with Crippen molar-refractivity contribution in [2.24, 2.45) is 0 Å². The summed E-state index contributed by atoms with van der Waals surface area (Å²) in [5.74, 6) is 1.21. The molecular formula is C20H19N5OS2. The predicted molar refractivity (Wildman–Crippen MR) is 111 cm³/mol. The number of hydrogen-bond acceptors (Lipinski definition) is 6. The third-order valence-corrected chi connectivity index (χ3v) is 7.32. The molecule has 1 fully saturated rings. The number of aryl methyl sites for hydroxylation is 1. The molecule has 5 heterocycles. The predicted octanol–water partition coefficient (Wildman–Crippen LogP) is 4.24. The number of carbonyl (C=O) groups is 1. The smallest absolute Gasteiger partial charge is 0.265 e. The normalized spacial score (nSPS) is 17.3. The van der Waals surface area contributed by atoms with Gasteiger partial charge in [-0.25, -0.2) is 4.98 Å². The lowest BCUT2D eigenvalue weighted by Gasteiger charge is -2.31. The Kier molecular flexibility index (Phi) is 4.44. The maximum Gasteiger partial charge on any atom is 0.265 e. The van der Waals surface area contributed by atoms with Gasteiger partial charge in [-0.05, 0) is 43.3 Å². The second-order valence-corrected chi connectivity index (χ2v) is 8.93. The van der Waals surface area contributed by atoms with Crippen LogP contribution in [-0.2, 0) is 0 Å². The Morgan fingerprint density at radius 3 is 3.00 bits per heavy atom. The van der Waals surface area contributed by atoms with Gasteiger partial charge in [-0.15, -0.1) is 32.9 Å². The summed E-state index contributed by atoms with van der Waals surface area (Å²) in [6, 6.07) is 9.95. The number of likely N-dealkylation sites (tertiary alicyclic amines) is 1. The highest BCUT2D eigenvalue weighted by molar-refractivity contribution is 7.22. The molecule has 1 saturated heterocycles. The first kappa shape index (κ1) is 17.5. The van der Waals surface area contributed by atoms with Crippen molar-refractivity contribution < 1.29 is 4.79 Å². The van der Waals surface area contributed by atoms with E-state index < -0.39 is 0 Å².